The number of aromatic nitrogens is 3. The minimum atomic E-state index is 0.809. The van der Waals surface area contributed by atoms with Crippen molar-refractivity contribution in [2.45, 2.75) is 13.8 Å². The molecule has 0 radical (unpaired) electrons. The average molecular weight is 458 g/mol. The monoisotopic (exact) mass is 457 g/mol. The van der Waals surface area contributed by atoms with E-state index in [4.69, 9.17) is 14.7 Å². The molecule has 0 aliphatic heterocycles. The Hall–Kier alpha value is -3.18. The van der Waals surface area contributed by atoms with Gasteiger partial charge in [-0.3, -0.25) is 4.57 Å². The molecule has 0 aliphatic carbocycles. The number of hydrogen-bond donors (Lipinski definition) is 0. The second-order valence-corrected chi connectivity index (χ2v) is 8.26. The van der Waals surface area contributed by atoms with E-state index in [1.807, 2.05) is 30.3 Å². The van der Waals surface area contributed by atoms with Gasteiger partial charge in [-0.25, -0.2) is 9.97 Å². The van der Waals surface area contributed by atoms with E-state index in [0.717, 1.165) is 49.2 Å². The molecule has 148 valence electrons. The number of fused-ring (bicyclic) bond motifs is 2. The van der Waals surface area contributed by atoms with Crippen LogP contribution in [0.15, 0.2) is 71.3 Å². The first kappa shape index (κ1) is 18.8. The molecule has 0 amide bonds. The maximum atomic E-state index is 5.33. The van der Waals surface area contributed by atoms with Crippen LogP contribution in [-0.4, -0.2) is 21.6 Å². The molecule has 5 rings (SSSR count). The Morgan fingerprint density at radius 2 is 1.57 bits per heavy atom. The van der Waals surface area contributed by atoms with Gasteiger partial charge in [-0.15, -0.1) is 0 Å². The zero-order valence-electron chi connectivity index (χ0n) is 17.0. The minimum absolute atomic E-state index is 0.809. The molecule has 0 spiro atoms. The largest absolute Gasteiger partial charge is 0.497 e. The number of ether oxygens (including phenoxy) is 1. The number of nitrogens with zero attached hydrogens (tertiary/aromatic N) is 3. The molecule has 0 atom stereocenters. The smallest absolute Gasteiger partial charge is 0.164 e. The third-order valence-corrected chi connectivity index (χ3v) is 6.22. The van der Waals surface area contributed by atoms with Crippen molar-refractivity contribution >= 4 is 37.9 Å². The number of benzene rings is 3. The van der Waals surface area contributed by atoms with E-state index < -0.39 is 0 Å². The summed E-state index contributed by atoms with van der Waals surface area (Å²) in [4.78, 5) is 10.1. The summed E-state index contributed by atoms with van der Waals surface area (Å²) in [5, 5.41) is 1.14. The van der Waals surface area contributed by atoms with Crippen molar-refractivity contribution in [2.75, 3.05) is 7.11 Å². The van der Waals surface area contributed by atoms with E-state index in [1.165, 1.54) is 11.1 Å². The van der Waals surface area contributed by atoms with E-state index in [-0.39, 0.29) is 0 Å². The fourth-order valence-electron chi connectivity index (χ4n) is 3.73. The van der Waals surface area contributed by atoms with Crippen LogP contribution in [0.25, 0.3) is 39.0 Å². The number of hydrogen-bond acceptors (Lipinski definition) is 3. The van der Waals surface area contributed by atoms with E-state index in [2.05, 4.69) is 70.9 Å². The Labute approximate surface area is 183 Å². The SMILES string of the molecule is COc1ccc(-c2nc3cc(C)c(C)cc3nc2-n2ccc3c(Br)cccc32)cc1. The lowest BCUT2D eigenvalue weighted by atomic mass is 10.1. The van der Waals surface area contributed by atoms with E-state index in [1.54, 1.807) is 7.11 Å². The molecule has 3 aromatic carbocycles. The molecule has 2 heterocycles. The quantitative estimate of drug-likeness (QED) is 0.305. The van der Waals surface area contributed by atoms with Gasteiger partial charge in [0.2, 0.25) is 0 Å². The molecule has 0 saturated carbocycles. The van der Waals surface area contributed by atoms with Gasteiger partial charge in [-0.2, -0.15) is 0 Å². The van der Waals surface area contributed by atoms with Crippen LogP contribution in [0.3, 0.4) is 0 Å². The summed E-state index contributed by atoms with van der Waals surface area (Å²) in [6, 6.07) is 20.5. The predicted molar refractivity (Wildman–Crippen MR) is 126 cm³/mol. The molecule has 0 bridgehead atoms. The molecule has 4 nitrogen and oxygen atoms in total. The molecular weight excluding hydrogens is 438 g/mol. The second kappa shape index (κ2) is 7.26. The fraction of sp³-hybridized carbons (Fsp3) is 0.120. The van der Waals surface area contributed by atoms with Gasteiger partial charge in [0, 0.05) is 21.6 Å². The third kappa shape index (κ3) is 3.06. The first-order chi connectivity index (χ1) is 14.5. The van der Waals surface area contributed by atoms with Gasteiger partial charge in [0.25, 0.3) is 0 Å². The van der Waals surface area contributed by atoms with Gasteiger partial charge < -0.3 is 4.74 Å². The van der Waals surface area contributed by atoms with Gasteiger partial charge >= 0.3 is 0 Å². The summed E-state index contributed by atoms with van der Waals surface area (Å²) < 4.78 is 8.50. The van der Waals surface area contributed by atoms with Crippen molar-refractivity contribution in [3.63, 3.8) is 0 Å². The first-order valence-electron chi connectivity index (χ1n) is 9.74. The molecule has 0 saturated heterocycles. The summed E-state index contributed by atoms with van der Waals surface area (Å²) in [6.45, 7) is 4.21. The number of rotatable bonds is 3. The predicted octanol–water partition coefficient (Wildman–Crippen LogP) is 6.63. The molecule has 0 N–H and O–H groups in total. The summed E-state index contributed by atoms with van der Waals surface area (Å²) in [5.74, 6) is 1.62. The maximum Gasteiger partial charge on any atom is 0.164 e. The zero-order chi connectivity index (χ0) is 20.8. The number of methoxy groups -OCH3 is 1. The standard InChI is InChI=1S/C25H20BrN3O/c1-15-13-21-22(14-16(15)2)28-25(24(27-21)17-7-9-18(30-3)10-8-17)29-12-11-19-20(26)5-4-6-23(19)29/h4-14H,1-3H3. The van der Waals surface area contributed by atoms with Crippen LogP contribution in [0.1, 0.15) is 11.1 Å². The number of halogens is 1. The summed E-state index contributed by atoms with van der Waals surface area (Å²) >= 11 is 3.66. The normalized spacial score (nSPS) is 11.3. The van der Waals surface area contributed by atoms with Crippen LogP contribution in [0, 0.1) is 13.8 Å². The van der Waals surface area contributed by atoms with E-state index >= 15 is 0 Å². The fourth-order valence-corrected chi connectivity index (χ4v) is 4.22. The number of aryl methyl sites for hydroxylation is 2. The van der Waals surface area contributed by atoms with Crippen molar-refractivity contribution in [3.8, 4) is 22.8 Å². The van der Waals surface area contributed by atoms with E-state index in [9.17, 15) is 0 Å². The van der Waals surface area contributed by atoms with Crippen molar-refractivity contribution in [1.29, 1.82) is 0 Å². The van der Waals surface area contributed by atoms with Gasteiger partial charge in [-0.1, -0.05) is 22.0 Å². The van der Waals surface area contributed by atoms with Crippen molar-refractivity contribution in [1.82, 2.24) is 14.5 Å². The average Bonchev–Trinajstić information content (AvgIpc) is 3.19. The summed E-state index contributed by atoms with van der Waals surface area (Å²) in [6.07, 6.45) is 2.05. The molecule has 5 heteroatoms. The molecule has 0 aliphatic rings. The lowest BCUT2D eigenvalue weighted by molar-refractivity contribution is 0.415. The molecule has 2 aromatic heterocycles. The van der Waals surface area contributed by atoms with Crippen LogP contribution in [0.2, 0.25) is 0 Å². The summed E-state index contributed by atoms with van der Waals surface area (Å²) in [7, 11) is 1.67. The molecule has 30 heavy (non-hydrogen) atoms. The van der Waals surface area contributed by atoms with Crippen molar-refractivity contribution < 1.29 is 4.74 Å². The summed E-state index contributed by atoms with van der Waals surface area (Å²) in [5.41, 5.74) is 7.12. The van der Waals surface area contributed by atoms with Gasteiger partial charge in [0.15, 0.2) is 5.82 Å². The minimum Gasteiger partial charge on any atom is -0.497 e. The second-order valence-electron chi connectivity index (χ2n) is 7.41. The Balaban J connectivity index is 1.83. The van der Waals surface area contributed by atoms with Crippen molar-refractivity contribution in [2.24, 2.45) is 0 Å². The van der Waals surface area contributed by atoms with Crippen LogP contribution in [0.4, 0.5) is 0 Å². The van der Waals surface area contributed by atoms with Crippen molar-refractivity contribution in [3.05, 3.63) is 82.5 Å². The highest BCUT2D eigenvalue weighted by Gasteiger charge is 2.16. The van der Waals surface area contributed by atoms with Crippen LogP contribution in [0.5, 0.6) is 5.75 Å². The highest BCUT2D eigenvalue weighted by atomic mass is 79.9. The Kier molecular flexibility index (Phi) is 4.55. The van der Waals surface area contributed by atoms with Crippen LogP contribution < -0.4 is 4.74 Å². The van der Waals surface area contributed by atoms with Gasteiger partial charge in [0.1, 0.15) is 11.4 Å². The Morgan fingerprint density at radius 1 is 0.867 bits per heavy atom. The van der Waals surface area contributed by atoms with Gasteiger partial charge in [-0.05, 0) is 79.6 Å². The molecule has 0 unspecified atom stereocenters. The zero-order valence-corrected chi connectivity index (χ0v) is 18.6. The Bertz CT molecular complexity index is 1400. The molecule has 0 fully saturated rings. The Morgan fingerprint density at radius 3 is 2.27 bits per heavy atom. The maximum absolute atomic E-state index is 5.33. The molecular formula is C25H20BrN3O. The lowest BCUT2D eigenvalue weighted by Crippen LogP contribution is -2.03. The van der Waals surface area contributed by atoms with Crippen LogP contribution in [-0.2, 0) is 0 Å². The first-order valence-corrected chi connectivity index (χ1v) is 10.5. The third-order valence-electron chi connectivity index (χ3n) is 5.53. The molecule has 5 aromatic rings. The highest BCUT2D eigenvalue weighted by molar-refractivity contribution is 9.10. The lowest BCUT2D eigenvalue weighted by Gasteiger charge is -2.14. The van der Waals surface area contributed by atoms with Crippen LogP contribution >= 0.6 is 15.9 Å². The van der Waals surface area contributed by atoms with E-state index in [0.29, 0.717) is 0 Å². The topological polar surface area (TPSA) is 39.9 Å². The highest BCUT2D eigenvalue weighted by Crippen LogP contribution is 2.32. The van der Waals surface area contributed by atoms with Gasteiger partial charge in [0.05, 0.1) is 23.7 Å².